The van der Waals surface area contributed by atoms with E-state index in [1.165, 1.54) is 30.6 Å². The summed E-state index contributed by atoms with van der Waals surface area (Å²) in [5.74, 6) is -0.657. The third-order valence-corrected chi connectivity index (χ3v) is 4.50. The normalized spacial score (nSPS) is 11.2. The first-order valence-electron chi connectivity index (χ1n) is 6.10. The zero-order valence-electron chi connectivity index (χ0n) is 11.1. The minimum absolute atomic E-state index is 0.0359. The molecule has 0 aliphatic carbocycles. The molecule has 0 spiro atoms. The Morgan fingerprint density at radius 2 is 2.05 bits per heavy atom. The van der Waals surface area contributed by atoms with Gasteiger partial charge in [0, 0.05) is 23.4 Å². The Morgan fingerprint density at radius 1 is 1.29 bits per heavy atom. The molecule has 1 aromatic carbocycles. The van der Waals surface area contributed by atoms with Gasteiger partial charge < -0.3 is 5.32 Å². The molecule has 0 radical (unpaired) electrons. The summed E-state index contributed by atoms with van der Waals surface area (Å²) in [4.78, 5) is 3.78. The number of benzene rings is 1. The Balaban J connectivity index is 2.41. The average Bonchev–Trinajstić information content (AvgIpc) is 2.43. The number of rotatable bonds is 5. The second-order valence-corrected chi connectivity index (χ2v) is 6.70. The predicted molar refractivity (Wildman–Crippen MR) is 83.3 cm³/mol. The van der Waals surface area contributed by atoms with Gasteiger partial charge in [0.15, 0.2) is 0 Å². The molecule has 0 saturated carbocycles. The molecule has 0 amide bonds. The molecule has 112 valence electrons. The fourth-order valence-electron chi connectivity index (χ4n) is 1.71. The first-order chi connectivity index (χ1) is 9.94. The van der Waals surface area contributed by atoms with Crippen molar-refractivity contribution in [1.29, 1.82) is 0 Å². The van der Waals surface area contributed by atoms with E-state index in [0.29, 0.717) is 16.7 Å². The number of nitrogens with zero attached hydrogens (tertiary/aromatic N) is 1. The molecule has 2 aromatic rings. The molecule has 0 bridgehead atoms. The smallest absolute Gasteiger partial charge is 0.265 e. The Morgan fingerprint density at radius 3 is 2.76 bits per heavy atom. The predicted octanol–water partition coefficient (Wildman–Crippen LogP) is 3.22. The summed E-state index contributed by atoms with van der Waals surface area (Å²) in [5.41, 5.74) is 0.283. The summed E-state index contributed by atoms with van der Waals surface area (Å²) in [6.45, 7) is 2.40. The van der Waals surface area contributed by atoms with Gasteiger partial charge in [-0.2, -0.15) is 0 Å². The molecule has 0 aliphatic rings. The Labute approximate surface area is 130 Å². The topological polar surface area (TPSA) is 71.1 Å². The lowest BCUT2D eigenvalue weighted by Crippen LogP contribution is -2.16. The van der Waals surface area contributed by atoms with Gasteiger partial charge in [-0.3, -0.25) is 9.71 Å². The zero-order valence-corrected chi connectivity index (χ0v) is 13.5. The molecule has 0 fully saturated rings. The highest BCUT2D eigenvalue weighted by molar-refractivity contribution is 9.10. The van der Waals surface area contributed by atoms with Crippen LogP contribution >= 0.6 is 15.9 Å². The highest BCUT2D eigenvalue weighted by Gasteiger charge is 2.20. The van der Waals surface area contributed by atoms with Crippen LogP contribution in [0.25, 0.3) is 0 Å². The summed E-state index contributed by atoms with van der Waals surface area (Å²) < 4.78 is 41.3. The van der Waals surface area contributed by atoms with Crippen LogP contribution in [0.15, 0.2) is 46.0 Å². The van der Waals surface area contributed by atoms with Crippen LogP contribution in [0.5, 0.6) is 0 Å². The van der Waals surface area contributed by atoms with Crippen LogP contribution in [-0.2, 0) is 10.0 Å². The van der Waals surface area contributed by atoms with Crippen molar-refractivity contribution < 1.29 is 12.8 Å². The van der Waals surface area contributed by atoms with Crippen LogP contribution < -0.4 is 10.0 Å². The van der Waals surface area contributed by atoms with Crippen molar-refractivity contribution in [3.63, 3.8) is 0 Å². The highest BCUT2D eigenvalue weighted by Crippen LogP contribution is 2.26. The third-order valence-electron chi connectivity index (χ3n) is 2.61. The Bertz CT molecular complexity index is 753. The van der Waals surface area contributed by atoms with E-state index in [9.17, 15) is 12.8 Å². The molecule has 21 heavy (non-hydrogen) atoms. The first-order valence-corrected chi connectivity index (χ1v) is 8.37. The van der Waals surface area contributed by atoms with Crippen LogP contribution in [0.2, 0.25) is 0 Å². The number of anilines is 2. The van der Waals surface area contributed by atoms with Gasteiger partial charge in [-0.15, -0.1) is 0 Å². The van der Waals surface area contributed by atoms with Crippen molar-refractivity contribution in [2.45, 2.75) is 11.8 Å². The number of hydrogen-bond donors (Lipinski definition) is 2. The Kier molecular flexibility index (Phi) is 4.79. The molecular weight excluding hydrogens is 361 g/mol. The first kappa shape index (κ1) is 15.7. The van der Waals surface area contributed by atoms with Gasteiger partial charge in [0.2, 0.25) is 0 Å². The molecule has 0 saturated heterocycles. The molecule has 8 heteroatoms. The minimum atomic E-state index is -3.94. The fraction of sp³-hybridized carbons (Fsp3) is 0.154. The maximum Gasteiger partial charge on any atom is 0.265 e. The van der Waals surface area contributed by atoms with Crippen molar-refractivity contribution in [1.82, 2.24) is 4.98 Å². The quantitative estimate of drug-likeness (QED) is 0.843. The minimum Gasteiger partial charge on any atom is -0.384 e. The van der Waals surface area contributed by atoms with Crippen LogP contribution in [0.1, 0.15) is 6.92 Å². The summed E-state index contributed by atoms with van der Waals surface area (Å²) in [6, 6.07) is 5.57. The SMILES string of the molecule is CCNc1ccncc1S(=O)(=O)Nc1cc(Br)ccc1F. The van der Waals surface area contributed by atoms with E-state index >= 15 is 0 Å². The molecule has 0 aliphatic heterocycles. The number of aromatic nitrogens is 1. The van der Waals surface area contributed by atoms with Crippen molar-refractivity contribution in [3.05, 3.63) is 46.9 Å². The van der Waals surface area contributed by atoms with Crippen LogP contribution in [0, 0.1) is 5.82 Å². The fourth-order valence-corrected chi connectivity index (χ4v) is 3.25. The summed E-state index contributed by atoms with van der Waals surface area (Å²) in [6.07, 6.45) is 2.70. The largest absolute Gasteiger partial charge is 0.384 e. The van der Waals surface area contributed by atoms with Gasteiger partial charge in [0.25, 0.3) is 10.0 Å². The molecule has 2 N–H and O–H groups in total. The lowest BCUT2D eigenvalue weighted by Gasteiger charge is -2.13. The monoisotopic (exact) mass is 373 g/mol. The molecule has 5 nitrogen and oxygen atoms in total. The molecule has 2 rings (SSSR count). The molecule has 0 unspecified atom stereocenters. The number of sulfonamides is 1. The summed E-state index contributed by atoms with van der Waals surface area (Å²) >= 11 is 3.17. The van der Waals surface area contributed by atoms with Crippen molar-refractivity contribution >= 4 is 37.3 Å². The lowest BCUT2D eigenvalue weighted by molar-refractivity contribution is 0.598. The van der Waals surface area contributed by atoms with E-state index in [-0.39, 0.29) is 10.6 Å². The number of nitrogens with one attached hydrogen (secondary N) is 2. The molecule has 1 aromatic heterocycles. The van der Waals surface area contributed by atoms with Gasteiger partial charge in [-0.05, 0) is 31.2 Å². The molecule has 0 atom stereocenters. The van der Waals surface area contributed by atoms with E-state index in [1.807, 2.05) is 6.92 Å². The van der Waals surface area contributed by atoms with E-state index in [1.54, 1.807) is 6.07 Å². The van der Waals surface area contributed by atoms with Gasteiger partial charge in [0.05, 0.1) is 11.4 Å². The molecular formula is C13H13BrFN3O2S. The van der Waals surface area contributed by atoms with E-state index in [4.69, 9.17) is 0 Å². The number of halogens is 2. The maximum atomic E-state index is 13.7. The third kappa shape index (κ3) is 3.70. The average molecular weight is 374 g/mol. The van der Waals surface area contributed by atoms with Crippen LogP contribution in [-0.4, -0.2) is 19.9 Å². The van der Waals surface area contributed by atoms with E-state index in [2.05, 4.69) is 31.0 Å². The van der Waals surface area contributed by atoms with Crippen molar-refractivity contribution in [3.8, 4) is 0 Å². The second-order valence-electron chi connectivity index (χ2n) is 4.13. The van der Waals surface area contributed by atoms with Gasteiger partial charge in [-0.1, -0.05) is 15.9 Å². The number of pyridine rings is 1. The molecule has 1 heterocycles. The lowest BCUT2D eigenvalue weighted by atomic mass is 10.3. The van der Waals surface area contributed by atoms with E-state index in [0.717, 1.165) is 0 Å². The van der Waals surface area contributed by atoms with Gasteiger partial charge in [-0.25, -0.2) is 12.8 Å². The summed E-state index contributed by atoms with van der Waals surface area (Å²) in [7, 11) is -3.94. The van der Waals surface area contributed by atoms with E-state index < -0.39 is 15.8 Å². The van der Waals surface area contributed by atoms with Gasteiger partial charge in [0.1, 0.15) is 10.7 Å². The van der Waals surface area contributed by atoms with Crippen molar-refractivity contribution in [2.24, 2.45) is 0 Å². The number of hydrogen-bond acceptors (Lipinski definition) is 4. The van der Waals surface area contributed by atoms with Crippen LogP contribution in [0.3, 0.4) is 0 Å². The maximum absolute atomic E-state index is 13.7. The zero-order chi connectivity index (χ0) is 15.5. The van der Waals surface area contributed by atoms with Gasteiger partial charge >= 0.3 is 0 Å². The highest BCUT2D eigenvalue weighted by atomic mass is 79.9. The second kappa shape index (κ2) is 6.40. The van der Waals surface area contributed by atoms with Crippen molar-refractivity contribution in [2.75, 3.05) is 16.6 Å². The van der Waals surface area contributed by atoms with Crippen LogP contribution in [0.4, 0.5) is 15.8 Å². The standard InChI is InChI=1S/C13H13BrFN3O2S/c1-2-17-11-5-6-16-8-13(11)21(19,20)18-12-7-9(14)3-4-10(12)15/h3-8,18H,2H2,1H3,(H,16,17). The Hall–Kier alpha value is -1.67. The summed E-state index contributed by atoms with van der Waals surface area (Å²) in [5, 5.41) is 2.93.